The molecular formula is C11H22F3N3O2S. The van der Waals surface area contributed by atoms with Gasteiger partial charge in [-0.15, -0.1) is 0 Å². The van der Waals surface area contributed by atoms with E-state index in [0.29, 0.717) is 19.5 Å². The molecule has 1 aliphatic heterocycles. The van der Waals surface area contributed by atoms with Crippen LogP contribution in [0.25, 0.3) is 0 Å². The first kappa shape index (κ1) is 17.7. The van der Waals surface area contributed by atoms with Gasteiger partial charge in [0.1, 0.15) is 0 Å². The van der Waals surface area contributed by atoms with Crippen molar-refractivity contribution in [2.45, 2.75) is 19.5 Å². The van der Waals surface area contributed by atoms with Crippen LogP contribution in [-0.4, -0.2) is 74.9 Å². The predicted octanol–water partition coefficient (Wildman–Crippen LogP) is 0.999. The number of hydrogen-bond donors (Lipinski definition) is 0. The van der Waals surface area contributed by atoms with E-state index in [-0.39, 0.29) is 19.0 Å². The fourth-order valence-electron chi connectivity index (χ4n) is 2.31. The predicted molar refractivity (Wildman–Crippen MR) is 70.5 cm³/mol. The summed E-state index contributed by atoms with van der Waals surface area (Å²) >= 11 is 0. The average Bonchev–Trinajstić information content (AvgIpc) is 2.75. The molecule has 0 bridgehead atoms. The molecule has 0 aliphatic carbocycles. The quantitative estimate of drug-likeness (QED) is 0.734. The van der Waals surface area contributed by atoms with Gasteiger partial charge in [0.25, 0.3) is 10.2 Å². The molecule has 0 aromatic rings. The summed E-state index contributed by atoms with van der Waals surface area (Å²) in [6.45, 7) is 1.96. The van der Waals surface area contributed by atoms with Crippen molar-refractivity contribution in [3.05, 3.63) is 0 Å². The van der Waals surface area contributed by atoms with Gasteiger partial charge in [0.15, 0.2) is 0 Å². The van der Waals surface area contributed by atoms with Crippen molar-refractivity contribution in [2.24, 2.45) is 5.92 Å². The summed E-state index contributed by atoms with van der Waals surface area (Å²) in [5.74, 6) is -0.0491. The van der Waals surface area contributed by atoms with Crippen LogP contribution in [0.2, 0.25) is 0 Å². The highest BCUT2D eigenvalue weighted by Gasteiger charge is 2.35. The molecule has 0 aromatic heterocycles. The zero-order chi connectivity index (χ0) is 15.6. The van der Waals surface area contributed by atoms with Crippen molar-refractivity contribution in [2.75, 3.05) is 46.8 Å². The number of alkyl halides is 3. The SMILES string of the molecule is CCN(C[C@H]1CCN(S(=O)(=O)N(C)C)C1)CC(F)(F)F. The highest BCUT2D eigenvalue weighted by Crippen LogP contribution is 2.23. The minimum atomic E-state index is -4.22. The first-order valence-corrected chi connectivity index (χ1v) is 7.92. The van der Waals surface area contributed by atoms with Crippen LogP contribution in [-0.2, 0) is 10.2 Å². The smallest absolute Gasteiger partial charge is 0.295 e. The van der Waals surface area contributed by atoms with Crippen LogP contribution in [0.1, 0.15) is 13.3 Å². The minimum Gasteiger partial charge on any atom is -0.295 e. The van der Waals surface area contributed by atoms with E-state index in [9.17, 15) is 21.6 Å². The molecule has 1 atom stereocenters. The molecule has 0 unspecified atom stereocenters. The molecule has 20 heavy (non-hydrogen) atoms. The zero-order valence-corrected chi connectivity index (χ0v) is 12.8. The summed E-state index contributed by atoms with van der Waals surface area (Å²) in [6, 6.07) is 0. The summed E-state index contributed by atoms with van der Waals surface area (Å²) in [6.07, 6.45) is -3.62. The molecule has 1 heterocycles. The Labute approximate surface area is 118 Å². The maximum absolute atomic E-state index is 12.4. The first-order valence-electron chi connectivity index (χ1n) is 6.53. The van der Waals surface area contributed by atoms with E-state index in [4.69, 9.17) is 0 Å². The van der Waals surface area contributed by atoms with Gasteiger partial charge in [-0.1, -0.05) is 6.92 Å². The molecule has 0 amide bonds. The Bertz CT molecular complexity index is 412. The van der Waals surface area contributed by atoms with Gasteiger partial charge in [0.2, 0.25) is 0 Å². The van der Waals surface area contributed by atoms with Crippen molar-refractivity contribution >= 4 is 10.2 Å². The van der Waals surface area contributed by atoms with Crippen molar-refractivity contribution in [3.63, 3.8) is 0 Å². The van der Waals surface area contributed by atoms with Gasteiger partial charge in [-0.3, -0.25) is 4.90 Å². The van der Waals surface area contributed by atoms with E-state index < -0.39 is 22.9 Å². The number of hydrogen-bond acceptors (Lipinski definition) is 3. The van der Waals surface area contributed by atoms with Crippen LogP contribution >= 0.6 is 0 Å². The lowest BCUT2D eigenvalue weighted by molar-refractivity contribution is -0.146. The van der Waals surface area contributed by atoms with Crippen LogP contribution in [0.3, 0.4) is 0 Å². The summed E-state index contributed by atoms with van der Waals surface area (Å²) in [5, 5.41) is 0. The van der Waals surface area contributed by atoms with Gasteiger partial charge < -0.3 is 0 Å². The molecule has 1 rings (SSSR count). The van der Waals surface area contributed by atoms with Gasteiger partial charge in [0.05, 0.1) is 6.54 Å². The first-order chi connectivity index (χ1) is 9.06. The summed E-state index contributed by atoms with van der Waals surface area (Å²) in [4.78, 5) is 1.32. The fraction of sp³-hybridized carbons (Fsp3) is 1.00. The summed E-state index contributed by atoms with van der Waals surface area (Å²) in [7, 11) is -0.563. The summed E-state index contributed by atoms with van der Waals surface area (Å²) in [5.41, 5.74) is 0. The van der Waals surface area contributed by atoms with Gasteiger partial charge in [-0.2, -0.15) is 30.2 Å². The lowest BCUT2D eigenvalue weighted by Gasteiger charge is -2.25. The molecule has 0 aromatic carbocycles. The van der Waals surface area contributed by atoms with Crippen LogP contribution in [0.15, 0.2) is 0 Å². The molecule has 120 valence electrons. The van der Waals surface area contributed by atoms with E-state index in [2.05, 4.69) is 0 Å². The molecule has 1 aliphatic rings. The van der Waals surface area contributed by atoms with Crippen LogP contribution in [0, 0.1) is 5.92 Å². The Kier molecular flexibility index (Phi) is 5.82. The molecule has 5 nitrogen and oxygen atoms in total. The van der Waals surface area contributed by atoms with Crippen molar-refractivity contribution in [3.8, 4) is 0 Å². The fourth-order valence-corrected chi connectivity index (χ4v) is 3.51. The third-order valence-electron chi connectivity index (χ3n) is 3.40. The van der Waals surface area contributed by atoms with E-state index >= 15 is 0 Å². The van der Waals surface area contributed by atoms with Crippen LogP contribution in [0.5, 0.6) is 0 Å². The van der Waals surface area contributed by atoms with E-state index in [1.165, 1.54) is 23.3 Å². The van der Waals surface area contributed by atoms with Crippen molar-refractivity contribution in [1.29, 1.82) is 0 Å². The third kappa shape index (κ3) is 4.87. The molecule has 1 fully saturated rings. The molecule has 0 radical (unpaired) electrons. The van der Waals surface area contributed by atoms with Crippen LogP contribution in [0.4, 0.5) is 13.2 Å². The number of rotatable bonds is 6. The van der Waals surface area contributed by atoms with E-state index in [1.807, 2.05) is 0 Å². The minimum absolute atomic E-state index is 0.0491. The number of halogens is 3. The average molecular weight is 317 g/mol. The van der Waals surface area contributed by atoms with Gasteiger partial charge in [-0.05, 0) is 18.9 Å². The maximum atomic E-state index is 12.4. The Hall–Kier alpha value is -0.380. The summed E-state index contributed by atoms with van der Waals surface area (Å²) < 4.78 is 63.5. The molecule has 0 spiro atoms. The second-order valence-corrected chi connectivity index (χ2v) is 7.39. The lowest BCUT2D eigenvalue weighted by atomic mass is 10.1. The van der Waals surface area contributed by atoms with Crippen molar-refractivity contribution < 1.29 is 21.6 Å². The molecule has 1 saturated heterocycles. The lowest BCUT2D eigenvalue weighted by Crippen LogP contribution is -2.40. The highest BCUT2D eigenvalue weighted by molar-refractivity contribution is 7.86. The van der Waals surface area contributed by atoms with E-state index in [0.717, 1.165) is 4.31 Å². The Morgan fingerprint density at radius 1 is 1.30 bits per heavy atom. The van der Waals surface area contributed by atoms with Gasteiger partial charge >= 0.3 is 6.18 Å². The van der Waals surface area contributed by atoms with Crippen LogP contribution < -0.4 is 0 Å². The highest BCUT2D eigenvalue weighted by atomic mass is 32.2. The molecule has 9 heteroatoms. The van der Waals surface area contributed by atoms with E-state index in [1.54, 1.807) is 6.92 Å². The Morgan fingerprint density at radius 3 is 2.35 bits per heavy atom. The van der Waals surface area contributed by atoms with Gasteiger partial charge in [0, 0.05) is 33.7 Å². The largest absolute Gasteiger partial charge is 0.401 e. The Balaban J connectivity index is 2.56. The second-order valence-electron chi connectivity index (χ2n) is 5.25. The number of nitrogens with zero attached hydrogens (tertiary/aromatic N) is 3. The molecular weight excluding hydrogens is 295 g/mol. The monoisotopic (exact) mass is 317 g/mol. The standard InChI is InChI=1S/C11H22F3N3O2S/c1-4-16(9-11(12,13)14)7-10-5-6-17(8-10)20(18,19)15(2)3/h10H,4-9H2,1-3H3/t10-/m1/s1. The molecule has 0 saturated carbocycles. The third-order valence-corrected chi connectivity index (χ3v) is 5.31. The zero-order valence-electron chi connectivity index (χ0n) is 12.0. The molecule has 0 N–H and O–H groups in total. The Morgan fingerprint density at radius 2 is 1.90 bits per heavy atom. The van der Waals surface area contributed by atoms with Gasteiger partial charge in [-0.25, -0.2) is 0 Å². The normalized spacial score (nSPS) is 22.1. The second kappa shape index (κ2) is 6.59. The van der Waals surface area contributed by atoms with Crippen molar-refractivity contribution in [1.82, 2.24) is 13.5 Å². The maximum Gasteiger partial charge on any atom is 0.401 e. The topological polar surface area (TPSA) is 43.9 Å².